The number of nitrogens with one attached hydrogen (secondary N) is 1. The monoisotopic (exact) mass is 399 g/mol. The molecule has 138 valence electrons. The molecule has 0 aliphatic rings. The van der Waals surface area contributed by atoms with Crippen molar-refractivity contribution < 1.29 is 14.3 Å². The maximum atomic E-state index is 12.7. The Balaban J connectivity index is 1.79. The lowest BCUT2D eigenvalue weighted by atomic mass is 10.1. The van der Waals surface area contributed by atoms with Gasteiger partial charge in [-0.2, -0.15) is 4.89 Å². The van der Waals surface area contributed by atoms with Gasteiger partial charge in [-0.1, -0.05) is 24.3 Å². The highest BCUT2D eigenvalue weighted by molar-refractivity contribution is 7.38. The van der Waals surface area contributed by atoms with Gasteiger partial charge in [-0.25, -0.2) is 0 Å². The molecule has 0 saturated carbocycles. The summed E-state index contributed by atoms with van der Waals surface area (Å²) >= 11 is 1.62. The molecule has 2 aromatic carbocycles. The molecule has 2 atom stereocenters. The lowest BCUT2D eigenvalue weighted by Gasteiger charge is -2.11. The second-order valence-electron chi connectivity index (χ2n) is 6.29. The molecule has 3 rings (SSSR count). The van der Waals surface area contributed by atoms with Crippen molar-refractivity contribution in [3.63, 3.8) is 0 Å². The van der Waals surface area contributed by atoms with E-state index in [4.69, 9.17) is 5.73 Å². The Bertz CT molecular complexity index is 973. The lowest BCUT2D eigenvalue weighted by molar-refractivity contribution is 0.102. The van der Waals surface area contributed by atoms with E-state index in [9.17, 15) is 14.3 Å². The fourth-order valence-electron chi connectivity index (χ4n) is 2.71. The maximum Gasteiger partial charge on any atom is 0.508 e. The number of carbonyl (C=O) groups is 1. The van der Waals surface area contributed by atoms with Gasteiger partial charge in [0.2, 0.25) is 0 Å². The van der Waals surface area contributed by atoms with E-state index in [1.807, 2.05) is 35.7 Å². The van der Waals surface area contributed by atoms with Gasteiger partial charge in [0.25, 0.3) is 5.91 Å². The van der Waals surface area contributed by atoms with Crippen LogP contribution in [-0.2, 0) is 11.0 Å². The third kappa shape index (κ3) is 4.80. The van der Waals surface area contributed by atoms with Gasteiger partial charge >= 0.3 is 8.03 Å². The van der Waals surface area contributed by atoms with Gasteiger partial charge in [-0.3, -0.25) is 4.79 Å². The fraction of sp³-hybridized carbons (Fsp3) is 0.150. The number of anilines is 2. The zero-order valence-corrected chi connectivity index (χ0v) is 16.5. The predicted molar refractivity (Wildman–Crippen MR) is 112 cm³/mol. The van der Waals surface area contributed by atoms with E-state index in [0.29, 0.717) is 23.4 Å². The number of amides is 1. The van der Waals surface area contributed by atoms with Crippen LogP contribution in [-0.4, -0.2) is 16.5 Å². The average Bonchev–Trinajstić information content (AvgIpc) is 3.18. The van der Waals surface area contributed by atoms with Gasteiger partial charge in [0.1, 0.15) is 0 Å². The van der Waals surface area contributed by atoms with Crippen LogP contribution in [0.3, 0.4) is 0 Å². The first-order valence-corrected chi connectivity index (χ1v) is 10.6. The number of hydrogen-bond acceptors (Lipinski definition) is 4. The summed E-state index contributed by atoms with van der Waals surface area (Å²) in [6, 6.07) is 16.6. The summed E-state index contributed by atoms with van der Waals surface area (Å²) in [5.74, 6) is -0.270. The van der Waals surface area contributed by atoms with Gasteiger partial charge in [-0.05, 0) is 58.3 Å². The number of nitrogens with two attached hydrogens (primary N) is 1. The summed E-state index contributed by atoms with van der Waals surface area (Å²) < 4.78 is 11.2. The molecule has 3 aromatic rings. The zero-order valence-electron chi connectivity index (χ0n) is 14.8. The average molecular weight is 399 g/mol. The minimum absolute atomic E-state index is 0.270. The number of nitrogen functional groups attached to an aromatic ring is 1. The van der Waals surface area contributed by atoms with Crippen LogP contribution in [0.25, 0.3) is 10.4 Å². The quantitative estimate of drug-likeness (QED) is 0.405. The highest BCUT2D eigenvalue weighted by Crippen LogP contribution is 2.30. The van der Waals surface area contributed by atoms with E-state index in [2.05, 4.69) is 5.32 Å². The van der Waals surface area contributed by atoms with E-state index in [-0.39, 0.29) is 11.6 Å². The second-order valence-corrected chi connectivity index (χ2v) is 8.72. The second kappa shape index (κ2) is 8.44. The first-order valence-electron chi connectivity index (χ1n) is 8.43. The third-order valence-corrected chi connectivity index (χ3v) is 6.06. The molecule has 7 heteroatoms. The van der Waals surface area contributed by atoms with Crippen LogP contribution in [0.15, 0.2) is 60.0 Å². The molecule has 0 bridgehead atoms. The highest BCUT2D eigenvalue weighted by Gasteiger charge is 2.23. The van der Waals surface area contributed by atoms with Gasteiger partial charge in [0.15, 0.2) is 5.66 Å². The number of hydrogen-bond donors (Lipinski definition) is 3. The summed E-state index contributed by atoms with van der Waals surface area (Å²) in [5.41, 5.74) is 9.02. The maximum absolute atomic E-state index is 12.7. The van der Waals surface area contributed by atoms with Crippen LogP contribution in [0.1, 0.15) is 22.8 Å². The molecular formula is C20H20N2O3PS+. The summed E-state index contributed by atoms with van der Waals surface area (Å²) in [5, 5.41) is 4.86. The molecule has 0 saturated heterocycles. The van der Waals surface area contributed by atoms with Crippen molar-refractivity contribution >= 4 is 36.6 Å². The van der Waals surface area contributed by atoms with Gasteiger partial charge < -0.3 is 11.1 Å². The normalized spacial score (nSPS) is 12.4. The molecular weight excluding hydrogens is 379 g/mol. The SMILES string of the molecule is CC(Cc1cccc(C(=O)Nc2cc(-c3cccs3)ccc2N)c1)[P+](=O)O. The zero-order chi connectivity index (χ0) is 19.4. The van der Waals surface area contributed by atoms with E-state index >= 15 is 0 Å². The molecule has 1 amide bonds. The van der Waals surface area contributed by atoms with Crippen molar-refractivity contribution in [1.29, 1.82) is 0 Å². The smallest absolute Gasteiger partial charge is 0.397 e. The molecule has 1 aromatic heterocycles. The molecule has 2 unspecified atom stereocenters. The Labute approximate surface area is 162 Å². The summed E-state index contributed by atoms with van der Waals surface area (Å²) in [6.45, 7) is 1.71. The summed E-state index contributed by atoms with van der Waals surface area (Å²) in [7, 11) is -2.24. The number of benzene rings is 2. The van der Waals surface area contributed by atoms with Crippen molar-refractivity contribution in [2.45, 2.75) is 19.0 Å². The molecule has 27 heavy (non-hydrogen) atoms. The fourth-order valence-corrected chi connectivity index (χ4v) is 3.80. The first kappa shape index (κ1) is 19.2. The van der Waals surface area contributed by atoms with Gasteiger partial charge in [-0.15, -0.1) is 11.3 Å². The van der Waals surface area contributed by atoms with Crippen LogP contribution >= 0.6 is 19.4 Å². The molecule has 0 fully saturated rings. The molecule has 0 spiro atoms. The minimum atomic E-state index is -2.24. The largest absolute Gasteiger partial charge is 0.508 e. The third-order valence-electron chi connectivity index (χ3n) is 4.20. The van der Waals surface area contributed by atoms with E-state index in [0.717, 1.165) is 16.0 Å². The number of thiophene rings is 1. The Morgan fingerprint density at radius 3 is 2.74 bits per heavy atom. The molecule has 4 N–H and O–H groups in total. The minimum Gasteiger partial charge on any atom is -0.397 e. The lowest BCUT2D eigenvalue weighted by Crippen LogP contribution is -2.14. The number of carbonyl (C=O) groups excluding carboxylic acids is 1. The topological polar surface area (TPSA) is 92.4 Å². The van der Waals surface area contributed by atoms with Crippen LogP contribution in [0.4, 0.5) is 11.4 Å². The number of rotatable bonds is 6. The van der Waals surface area contributed by atoms with Crippen molar-refractivity contribution in [2.75, 3.05) is 11.1 Å². The van der Waals surface area contributed by atoms with E-state index < -0.39 is 8.03 Å². The summed E-state index contributed by atoms with van der Waals surface area (Å²) in [6.07, 6.45) is 0.433. The first-order chi connectivity index (χ1) is 12.9. The van der Waals surface area contributed by atoms with Crippen LogP contribution < -0.4 is 11.1 Å². The predicted octanol–water partition coefficient (Wildman–Crippen LogP) is 4.92. The molecule has 0 aliphatic carbocycles. The highest BCUT2D eigenvalue weighted by atomic mass is 32.1. The molecule has 0 radical (unpaired) electrons. The Morgan fingerprint density at radius 1 is 1.22 bits per heavy atom. The van der Waals surface area contributed by atoms with E-state index in [1.165, 1.54) is 0 Å². The van der Waals surface area contributed by atoms with Crippen molar-refractivity contribution in [3.8, 4) is 10.4 Å². The van der Waals surface area contributed by atoms with Gasteiger partial charge in [0, 0.05) is 16.9 Å². The Kier molecular flexibility index (Phi) is 6.01. The van der Waals surface area contributed by atoms with Crippen molar-refractivity contribution in [3.05, 3.63) is 71.1 Å². The molecule has 5 nitrogen and oxygen atoms in total. The van der Waals surface area contributed by atoms with Crippen molar-refractivity contribution in [1.82, 2.24) is 0 Å². The van der Waals surface area contributed by atoms with Crippen LogP contribution in [0.5, 0.6) is 0 Å². The summed E-state index contributed by atoms with van der Waals surface area (Å²) in [4.78, 5) is 23.0. The van der Waals surface area contributed by atoms with Crippen LogP contribution in [0, 0.1) is 0 Å². The van der Waals surface area contributed by atoms with E-state index in [1.54, 1.807) is 42.5 Å². The van der Waals surface area contributed by atoms with Crippen molar-refractivity contribution in [2.24, 2.45) is 0 Å². The van der Waals surface area contributed by atoms with Gasteiger partial charge in [0.05, 0.1) is 11.4 Å². The Hall–Kier alpha value is -2.53. The molecule has 0 aliphatic heterocycles. The molecule has 1 heterocycles. The Morgan fingerprint density at radius 2 is 2.04 bits per heavy atom. The standard InChI is InChI=1S/C20H19N2O3PS/c1-13(26(24)25)10-14-4-2-5-16(11-14)20(23)22-18-12-15(7-8-17(18)21)19-6-3-9-27-19/h2-9,11-13H,10,21H2,1H3,(H-,22,23,24,25)/p+1. The van der Waals surface area contributed by atoms with Crippen LogP contribution in [0.2, 0.25) is 0 Å².